The molecule has 0 aromatic heterocycles. The van der Waals surface area contributed by atoms with Crippen molar-refractivity contribution in [1.29, 1.82) is 0 Å². The molecule has 0 unspecified atom stereocenters. The molecule has 0 aliphatic carbocycles. The number of hydrogen-bond donors (Lipinski definition) is 2. The molecular formula is C19H22N2O2. The number of benzene rings is 2. The summed E-state index contributed by atoms with van der Waals surface area (Å²) in [6.07, 6.45) is 1.26. The van der Waals surface area contributed by atoms with Crippen LogP contribution in [-0.4, -0.2) is 19.2 Å². The maximum Gasteiger partial charge on any atom is 0.409 e. The van der Waals surface area contributed by atoms with Crippen molar-refractivity contribution >= 4 is 6.09 Å². The minimum atomic E-state index is -0.767. The molecule has 3 rings (SSSR count). The van der Waals surface area contributed by atoms with Crippen molar-refractivity contribution in [1.82, 2.24) is 5.32 Å². The second kappa shape index (κ2) is 6.84. The Kier molecular flexibility index (Phi) is 4.63. The van der Waals surface area contributed by atoms with Crippen molar-refractivity contribution in [2.45, 2.75) is 19.8 Å². The number of aryl methyl sites for hydroxylation is 1. The van der Waals surface area contributed by atoms with Gasteiger partial charge >= 0.3 is 6.09 Å². The molecular weight excluding hydrogens is 288 g/mol. The molecule has 0 saturated carbocycles. The molecule has 1 atom stereocenters. The summed E-state index contributed by atoms with van der Waals surface area (Å²) in [5.41, 5.74) is 9.47. The van der Waals surface area contributed by atoms with E-state index in [1.54, 1.807) is 0 Å². The Bertz CT molecular complexity index is 692. The molecule has 0 spiro atoms. The van der Waals surface area contributed by atoms with Gasteiger partial charge in [0.25, 0.3) is 0 Å². The van der Waals surface area contributed by atoms with E-state index in [0.717, 1.165) is 48.2 Å². The zero-order valence-electron chi connectivity index (χ0n) is 13.3. The van der Waals surface area contributed by atoms with Crippen LogP contribution in [0.2, 0.25) is 0 Å². The lowest BCUT2D eigenvalue weighted by molar-refractivity contribution is 0.210. The third-order valence-corrected chi connectivity index (χ3v) is 4.27. The van der Waals surface area contributed by atoms with E-state index in [9.17, 15) is 4.79 Å². The number of carbonyl (C=O) groups is 1. The van der Waals surface area contributed by atoms with Gasteiger partial charge in [0.15, 0.2) is 0 Å². The molecule has 3 N–H and O–H groups in total. The van der Waals surface area contributed by atoms with Crippen LogP contribution in [0.5, 0.6) is 5.75 Å². The number of hydrogen-bond acceptors (Lipinski definition) is 3. The van der Waals surface area contributed by atoms with Crippen LogP contribution in [-0.2, 0) is 6.42 Å². The summed E-state index contributed by atoms with van der Waals surface area (Å²) in [6, 6.07) is 14.1. The summed E-state index contributed by atoms with van der Waals surface area (Å²) in [7, 11) is 0. The van der Waals surface area contributed by atoms with Gasteiger partial charge in [0.2, 0.25) is 0 Å². The smallest absolute Gasteiger partial charge is 0.409 e. The van der Waals surface area contributed by atoms with E-state index in [4.69, 9.17) is 10.5 Å². The number of amides is 1. The predicted molar refractivity (Wildman–Crippen MR) is 91.5 cm³/mol. The fourth-order valence-electron chi connectivity index (χ4n) is 3.25. The normalized spacial score (nSPS) is 17.2. The van der Waals surface area contributed by atoms with Gasteiger partial charge in [-0.05, 0) is 61.5 Å². The largest absolute Gasteiger partial charge is 0.410 e. The van der Waals surface area contributed by atoms with Crippen LogP contribution >= 0.6 is 0 Å². The van der Waals surface area contributed by atoms with Crippen LogP contribution in [0.25, 0.3) is 11.1 Å². The molecule has 23 heavy (non-hydrogen) atoms. The summed E-state index contributed by atoms with van der Waals surface area (Å²) in [5, 5.41) is 3.38. The first-order valence-electron chi connectivity index (χ1n) is 8.00. The maximum absolute atomic E-state index is 11.4. The van der Waals surface area contributed by atoms with Gasteiger partial charge in [-0.15, -0.1) is 0 Å². The fourth-order valence-corrected chi connectivity index (χ4v) is 3.25. The van der Waals surface area contributed by atoms with E-state index < -0.39 is 6.09 Å². The second-order valence-electron chi connectivity index (χ2n) is 6.15. The Hall–Kier alpha value is -2.33. The molecule has 1 aliphatic heterocycles. The van der Waals surface area contributed by atoms with Gasteiger partial charge in [-0.3, -0.25) is 0 Å². The van der Waals surface area contributed by atoms with Crippen LogP contribution in [0.4, 0.5) is 4.79 Å². The minimum Gasteiger partial charge on any atom is -0.410 e. The summed E-state index contributed by atoms with van der Waals surface area (Å²) in [4.78, 5) is 11.4. The molecule has 1 amide bonds. The Balaban J connectivity index is 2.06. The molecule has 1 fully saturated rings. The monoisotopic (exact) mass is 310 g/mol. The van der Waals surface area contributed by atoms with Crippen LogP contribution in [0.15, 0.2) is 42.5 Å². The van der Waals surface area contributed by atoms with Crippen LogP contribution in [0.3, 0.4) is 0 Å². The highest BCUT2D eigenvalue weighted by Gasteiger charge is 2.21. The highest BCUT2D eigenvalue weighted by Crippen LogP contribution is 2.36. The van der Waals surface area contributed by atoms with Crippen LogP contribution < -0.4 is 15.8 Å². The summed E-state index contributed by atoms with van der Waals surface area (Å²) in [5.74, 6) is 1.16. The van der Waals surface area contributed by atoms with Crippen molar-refractivity contribution in [3.8, 4) is 16.9 Å². The molecule has 0 bridgehead atoms. The predicted octanol–water partition coefficient (Wildman–Crippen LogP) is 3.27. The third-order valence-electron chi connectivity index (χ3n) is 4.27. The maximum atomic E-state index is 11.4. The number of nitrogens with one attached hydrogen (secondary N) is 1. The van der Waals surface area contributed by atoms with Gasteiger partial charge in [-0.2, -0.15) is 0 Å². The van der Waals surface area contributed by atoms with Gasteiger partial charge in [-0.25, -0.2) is 4.79 Å². The summed E-state index contributed by atoms with van der Waals surface area (Å²) < 4.78 is 5.41. The minimum absolute atomic E-state index is 0.565. The molecule has 4 nitrogen and oxygen atoms in total. The average Bonchev–Trinajstić information content (AvgIpc) is 3.03. The molecule has 4 heteroatoms. The quantitative estimate of drug-likeness (QED) is 0.911. The molecule has 1 aliphatic rings. The molecule has 120 valence electrons. The highest BCUT2D eigenvalue weighted by atomic mass is 16.5. The van der Waals surface area contributed by atoms with E-state index >= 15 is 0 Å². The van der Waals surface area contributed by atoms with E-state index in [-0.39, 0.29) is 0 Å². The van der Waals surface area contributed by atoms with Gasteiger partial charge in [0.1, 0.15) is 5.75 Å². The lowest BCUT2D eigenvalue weighted by Gasteiger charge is -2.17. The first kappa shape index (κ1) is 15.6. The van der Waals surface area contributed by atoms with E-state index in [1.165, 1.54) is 0 Å². The van der Waals surface area contributed by atoms with Crippen molar-refractivity contribution < 1.29 is 9.53 Å². The number of nitrogens with two attached hydrogens (primary N) is 1. The van der Waals surface area contributed by atoms with E-state index in [0.29, 0.717) is 11.7 Å². The van der Waals surface area contributed by atoms with Crippen LogP contribution in [0.1, 0.15) is 17.5 Å². The third kappa shape index (κ3) is 3.71. The molecule has 1 heterocycles. The standard InChI is InChI=1S/C19H22N2O2/c1-13-9-16(11-14-7-8-21-12-14)18(23-19(20)22)17(10-13)15-5-3-2-4-6-15/h2-6,9-10,14,21H,7-8,11-12H2,1H3,(H2,20,22)/t14-/m0/s1. The SMILES string of the molecule is Cc1cc(C[C@@H]2CCNC2)c(OC(N)=O)c(-c2ccccc2)c1. The fraction of sp³-hybridized carbons (Fsp3) is 0.316. The zero-order valence-corrected chi connectivity index (χ0v) is 13.3. The topological polar surface area (TPSA) is 64.3 Å². The lowest BCUT2D eigenvalue weighted by Crippen LogP contribution is -2.19. The van der Waals surface area contributed by atoms with Gasteiger partial charge in [-0.1, -0.05) is 36.4 Å². The van der Waals surface area contributed by atoms with Crippen molar-refractivity contribution in [3.63, 3.8) is 0 Å². The Morgan fingerprint density at radius 1 is 1.30 bits per heavy atom. The number of ether oxygens (including phenoxy) is 1. The van der Waals surface area contributed by atoms with Gasteiger partial charge in [0.05, 0.1) is 0 Å². The average molecular weight is 310 g/mol. The van der Waals surface area contributed by atoms with Crippen molar-refractivity contribution in [2.24, 2.45) is 11.7 Å². The van der Waals surface area contributed by atoms with E-state index in [2.05, 4.69) is 18.3 Å². The number of primary amides is 1. The second-order valence-corrected chi connectivity index (χ2v) is 6.15. The summed E-state index contributed by atoms with van der Waals surface area (Å²) in [6.45, 7) is 4.12. The van der Waals surface area contributed by atoms with Crippen molar-refractivity contribution in [3.05, 3.63) is 53.6 Å². The van der Waals surface area contributed by atoms with Gasteiger partial charge in [0, 0.05) is 5.56 Å². The molecule has 2 aromatic carbocycles. The first-order valence-corrected chi connectivity index (χ1v) is 8.00. The summed E-state index contributed by atoms with van der Waals surface area (Å²) >= 11 is 0. The number of rotatable bonds is 4. The molecule has 1 saturated heterocycles. The Morgan fingerprint density at radius 2 is 2.09 bits per heavy atom. The van der Waals surface area contributed by atoms with Crippen LogP contribution in [0, 0.1) is 12.8 Å². The number of carbonyl (C=O) groups excluding carboxylic acids is 1. The molecule has 0 radical (unpaired) electrons. The highest BCUT2D eigenvalue weighted by molar-refractivity contribution is 5.78. The zero-order chi connectivity index (χ0) is 16.2. The first-order chi connectivity index (χ1) is 11.1. The van der Waals surface area contributed by atoms with Crippen molar-refractivity contribution in [2.75, 3.05) is 13.1 Å². The molecule has 2 aromatic rings. The van der Waals surface area contributed by atoms with E-state index in [1.807, 2.05) is 36.4 Å². The van der Waals surface area contributed by atoms with Gasteiger partial charge < -0.3 is 15.8 Å². The Labute approximate surface area is 136 Å². The lowest BCUT2D eigenvalue weighted by atomic mass is 9.92. The Morgan fingerprint density at radius 3 is 2.74 bits per heavy atom.